The first-order chi connectivity index (χ1) is 11.1. The van der Waals surface area contributed by atoms with Crippen molar-refractivity contribution in [1.29, 1.82) is 10.9 Å². The van der Waals surface area contributed by atoms with Gasteiger partial charge in [0.05, 0.1) is 15.5 Å². The van der Waals surface area contributed by atoms with Gasteiger partial charge in [-0.1, -0.05) is 5.22 Å². The van der Waals surface area contributed by atoms with Crippen LogP contribution in [0.2, 0.25) is 0 Å². The molecule has 0 aromatic carbocycles. The van der Waals surface area contributed by atoms with E-state index in [1.165, 1.54) is 0 Å². The molecule has 0 bridgehead atoms. The monoisotopic (exact) mass is 371 g/mol. The Morgan fingerprint density at radius 2 is 1.38 bits per heavy atom. The Morgan fingerprint density at radius 3 is 1.79 bits per heavy atom. The van der Waals surface area contributed by atoms with Gasteiger partial charge in [-0.15, -0.1) is 5.10 Å². The van der Waals surface area contributed by atoms with Crippen LogP contribution >= 0.6 is 0 Å². The lowest BCUT2D eigenvalue weighted by Gasteiger charge is -2.19. The first-order valence-electron chi connectivity index (χ1n) is 5.77. The van der Waals surface area contributed by atoms with Crippen LogP contribution in [0.4, 0.5) is 0 Å². The number of rotatable bonds is 3. The van der Waals surface area contributed by atoms with Crippen LogP contribution in [-0.2, 0) is 20.2 Å². The minimum Gasteiger partial charge on any atom is -0.282 e. The summed E-state index contributed by atoms with van der Waals surface area (Å²) in [4.78, 5) is -1.27. The number of hydrogen-bond acceptors (Lipinski definition) is 8. The summed E-state index contributed by atoms with van der Waals surface area (Å²) >= 11 is 0. The molecule has 12 nitrogen and oxygen atoms in total. The van der Waals surface area contributed by atoms with Crippen LogP contribution in [0.25, 0.3) is 5.08 Å². The summed E-state index contributed by atoms with van der Waals surface area (Å²) in [5, 5.41) is 20.4. The molecule has 0 spiro atoms. The number of nitrogens with zero attached hydrogens (tertiary/aromatic N) is 5. The highest BCUT2D eigenvalue weighted by atomic mass is 32.2. The van der Waals surface area contributed by atoms with Gasteiger partial charge in [0.2, 0.25) is 0 Å². The minimum absolute atomic E-state index is 0.0732. The van der Waals surface area contributed by atoms with E-state index in [2.05, 4.69) is 20.5 Å². The largest absolute Gasteiger partial charge is 0.339 e. The van der Waals surface area contributed by atoms with Gasteiger partial charge >= 0.3 is 5.08 Å². The van der Waals surface area contributed by atoms with Crippen molar-refractivity contribution in [3.63, 3.8) is 0 Å². The number of fused-ring (bicyclic) bond motifs is 1. The first kappa shape index (κ1) is 17.5. The van der Waals surface area contributed by atoms with Crippen molar-refractivity contribution in [3.05, 3.63) is 50.3 Å². The summed E-state index contributed by atoms with van der Waals surface area (Å²) in [5.74, 6) is 0. The lowest BCUT2D eigenvalue weighted by atomic mass is 9.89. The number of nitrogens with one attached hydrogen (secondary N) is 1. The quantitative estimate of drug-likeness (QED) is 0.284. The van der Waals surface area contributed by atoms with Crippen molar-refractivity contribution in [2.45, 2.75) is 0 Å². The predicted molar refractivity (Wildman–Crippen MR) is 80.5 cm³/mol. The van der Waals surface area contributed by atoms with Gasteiger partial charge in [-0.25, -0.2) is 0 Å². The average Bonchev–Trinajstić information content (AvgIpc) is 2.46. The van der Waals surface area contributed by atoms with E-state index in [0.29, 0.717) is 0 Å². The molecule has 0 atom stereocenters. The van der Waals surface area contributed by atoms with Crippen LogP contribution in [0, 0.1) is 10.9 Å². The van der Waals surface area contributed by atoms with E-state index in [0.717, 1.165) is 24.3 Å². The fourth-order valence-electron chi connectivity index (χ4n) is 1.94. The third-order valence-electron chi connectivity index (χ3n) is 2.88. The van der Waals surface area contributed by atoms with Gasteiger partial charge in [0.15, 0.2) is 10.8 Å². The molecule has 0 aliphatic heterocycles. The van der Waals surface area contributed by atoms with Crippen molar-refractivity contribution >= 4 is 31.7 Å². The molecule has 0 heterocycles. The van der Waals surface area contributed by atoms with Gasteiger partial charge in [-0.3, -0.25) is 9.11 Å². The molecule has 0 fully saturated rings. The molecule has 124 valence electrons. The zero-order valence-electron chi connectivity index (χ0n) is 11.4. The highest BCUT2D eigenvalue weighted by Gasteiger charge is 2.32. The van der Waals surface area contributed by atoms with E-state index < -0.39 is 30.0 Å². The topological polar surface area (TPSA) is 198 Å². The van der Waals surface area contributed by atoms with E-state index in [-0.39, 0.29) is 22.6 Å². The Labute approximate surface area is 134 Å². The van der Waals surface area contributed by atoms with Crippen LogP contribution in [0.5, 0.6) is 0 Å². The maximum absolute atomic E-state index is 11.3. The first-order valence-corrected chi connectivity index (χ1v) is 8.65. The molecule has 0 saturated carbocycles. The Kier molecular flexibility index (Phi) is 4.36. The van der Waals surface area contributed by atoms with Gasteiger partial charge in [-0.2, -0.15) is 22.4 Å². The Morgan fingerprint density at radius 1 is 0.917 bits per heavy atom. The SMILES string of the molecule is N#[N+]N=C1C=C(S(=O)(=O)O)C=C2C1=CC(S(=O)(=O)O)=CC2=NN=N. The predicted octanol–water partition coefficient (Wildman–Crippen LogP) is 1.01. The molecular weight excluding hydrogens is 364 g/mol. The zero-order chi connectivity index (χ0) is 18.1. The molecule has 2 aliphatic rings. The van der Waals surface area contributed by atoms with Gasteiger partial charge in [0.1, 0.15) is 0 Å². The van der Waals surface area contributed by atoms with Crippen molar-refractivity contribution in [2.24, 2.45) is 15.4 Å². The Bertz CT molecular complexity index is 1070. The second-order valence-corrected chi connectivity index (χ2v) is 7.16. The third-order valence-corrected chi connectivity index (χ3v) is 4.54. The summed E-state index contributed by atoms with van der Waals surface area (Å²) in [6.07, 6.45) is 3.50. The van der Waals surface area contributed by atoms with Crippen LogP contribution in [-0.4, -0.2) is 37.4 Å². The fourth-order valence-corrected chi connectivity index (χ4v) is 2.99. The molecular formula is C10H7N6O6S2+. The molecule has 3 N–H and O–H groups in total. The molecule has 14 heteroatoms. The number of hydrogen-bond donors (Lipinski definition) is 3. The highest BCUT2D eigenvalue weighted by molar-refractivity contribution is 7.90. The molecule has 0 aromatic heterocycles. The molecule has 24 heavy (non-hydrogen) atoms. The Balaban J connectivity index is 2.84. The summed E-state index contributed by atoms with van der Waals surface area (Å²) in [6.45, 7) is 0. The van der Waals surface area contributed by atoms with Crippen LogP contribution in [0.1, 0.15) is 0 Å². The second-order valence-electron chi connectivity index (χ2n) is 4.32. The van der Waals surface area contributed by atoms with Gasteiger partial charge in [0.25, 0.3) is 25.6 Å². The second kappa shape index (κ2) is 5.98. The van der Waals surface area contributed by atoms with Gasteiger partial charge in [-0.05, 0) is 24.3 Å². The van der Waals surface area contributed by atoms with E-state index in [9.17, 15) is 16.8 Å². The van der Waals surface area contributed by atoms with Gasteiger partial charge in [0, 0.05) is 11.1 Å². The average molecular weight is 371 g/mol. The molecule has 0 saturated heterocycles. The maximum Gasteiger partial charge on any atom is 0.339 e. The molecule has 0 unspecified atom stereocenters. The summed E-state index contributed by atoms with van der Waals surface area (Å²) in [5.41, 5.74) is 5.96. The summed E-state index contributed by atoms with van der Waals surface area (Å²) in [7, 11) is -9.35. The summed E-state index contributed by atoms with van der Waals surface area (Å²) < 4.78 is 63.6. The van der Waals surface area contributed by atoms with Crippen LogP contribution in [0.15, 0.2) is 60.7 Å². The molecule has 2 aliphatic carbocycles. The summed E-state index contributed by atoms with van der Waals surface area (Å²) in [6, 6.07) is 0. The van der Waals surface area contributed by atoms with Gasteiger partial charge < -0.3 is 0 Å². The molecule has 0 aromatic rings. The minimum atomic E-state index is -4.68. The van der Waals surface area contributed by atoms with Crippen molar-refractivity contribution < 1.29 is 25.9 Å². The van der Waals surface area contributed by atoms with Crippen molar-refractivity contribution in [1.82, 2.24) is 0 Å². The number of allylic oxidation sites excluding steroid dienone is 6. The van der Waals surface area contributed by atoms with Crippen LogP contribution in [0.3, 0.4) is 0 Å². The van der Waals surface area contributed by atoms with E-state index in [1.807, 2.05) is 0 Å². The van der Waals surface area contributed by atoms with Crippen molar-refractivity contribution in [3.8, 4) is 0 Å². The number of diazo groups is 1. The van der Waals surface area contributed by atoms with E-state index in [4.69, 9.17) is 20.0 Å². The molecule has 0 amide bonds. The standard InChI is InChI=1S/C10H6N6O6S2/c11-15-13-9-4-6(24(20,21)22)2-8-7(9)1-5(23(17,18)19)3-10(8)14-16-12/h1-4,11H,(H-,17,18,19,20,21,22)/p+1. The Hall–Kier alpha value is -2.86. The molecule has 2 rings (SSSR count). The lowest BCUT2D eigenvalue weighted by molar-refractivity contribution is 0.489. The maximum atomic E-state index is 11.3. The lowest BCUT2D eigenvalue weighted by Crippen LogP contribution is -2.21. The van der Waals surface area contributed by atoms with Crippen molar-refractivity contribution in [2.75, 3.05) is 0 Å². The molecule has 0 radical (unpaired) electrons. The zero-order valence-corrected chi connectivity index (χ0v) is 13.0. The van der Waals surface area contributed by atoms with E-state index >= 15 is 0 Å². The normalized spacial score (nSPS) is 21.2. The smallest absolute Gasteiger partial charge is 0.282 e. The van der Waals surface area contributed by atoms with E-state index in [1.54, 1.807) is 0 Å². The van der Waals surface area contributed by atoms with Crippen LogP contribution < -0.4 is 0 Å². The fraction of sp³-hybridized carbons (Fsp3) is 0. The highest BCUT2D eigenvalue weighted by Crippen LogP contribution is 2.31. The third kappa shape index (κ3) is 3.38.